The second-order valence-electron chi connectivity index (χ2n) is 7.64. The van der Waals surface area contributed by atoms with Crippen molar-refractivity contribution in [2.24, 2.45) is 0 Å². The molecule has 2 amide bonds. The molecule has 8 heteroatoms. The van der Waals surface area contributed by atoms with Gasteiger partial charge in [-0.25, -0.2) is 4.98 Å². The Bertz CT molecular complexity index is 1290. The molecule has 0 saturated carbocycles. The number of aryl methyl sites for hydroxylation is 1. The number of fused-ring (bicyclic) bond motifs is 1. The van der Waals surface area contributed by atoms with Crippen molar-refractivity contribution in [3.05, 3.63) is 64.2 Å². The van der Waals surface area contributed by atoms with Crippen LogP contribution in [0.5, 0.6) is 0 Å². The van der Waals surface area contributed by atoms with Gasteiger partial charge in [-0.15, -0.1) is 11.3 Å². The molecule has 0 spiro atoms. The topological polar surface area (TPSA) is 91.0 Å². The van der Waals surface area contributed by atoms with Crippen LogP contribution < -0.4 is 5.32 Å². The van der Waals surface area contributed by atoms with Gasteiger partial charge in [0.25, 0.3) is 11.8 Å². The molecule has 31 heavy (non-hydrogen) atoms. The predicted molar refractivity (Wildman–Crippen MR) is 121 cm³/mol. The Hall–Kier alpha value is -3.52. The van der Waals surface area contributed by atoms with Crippen molar-refractivity contribution in [1.82, 2.24) is 20.1 Å². The molecule has 0 bridgehead atoms. The fourth-order valence-corrected chi connectivity index (χ4v) is 4.50. The van der Waals surface area contributed by atoms with Gasteiger partial charge in [0.05, 0.1) is 22.4 Å². The number of H-pyrrole nitrogens is 1. The minimum Gasteiger partial charge on any atom is -0.339 e. The van der Waals surface area contributed by atoms with Crippen LogP contribution in [0.2, 0.25) is 0 Å². The number of rotatable bonds is 4. The van der Waals surface area contributed by atoms with Crippen LogP contribution in [0.25, 0.3) is 22.0 Å². The summed E-state index contributed by atoms with van der Waals surface area (Å²) >= 11 is 1.44. The number of likely N-dealkylation sites (tertiary alicyclic amines) is 1. The van der Waals surface area contributed by atoms with E-state index in [2.05, 4.69) is 20.5 Å². The Balaban J connectivity index is 1.50. The van der Waals surface area contributed by atoms with Gasteiger partial charge in [0.2, 0.25) is 0 Å². The third-order valence-corrected chi connectivity index (χ3v) is 6.27. The number of benzene rings is 2. The zero-order valence-electron chi connectivity index (χ0n) is 17.0. The van der Waals surface area contributed by atoms with E-state index in [-0.39, 0.29) is 11.8 Å². The van der Waals surface area contributed by atoms with Crippen LogP contribution >= 0.6 is 11.3 Å². The lowest BCUT2D eigenvalue weighted by Crippen LogP contribution is -2.27. The number of nitrogens with zero attached hydrogens (tertiary/aromatic N) is 3. The monoisotopic (exact) mass is 431 g/mol. The maximum Gasteiger partial charge on any atom is 0.275 e. The molecule has 3 heterocycles. The molecule has 1 saturated heterocycles. The number of carbonyl (C=O) groups excluding carboxylic acids is 2. The smallest absolute Gasteiger partial charge is 0.275 e. The molecule has 4 aromatic rings. The van der Waals surface area contributed by atoms with Crippen molar-refractivity contribution in [2.45, 2.75) is 19.8 Å². The standard InChI is InChI=1S/C23H21N5O2S/c1-14-25-21(13-31-14)22(29)26-19-10-17(11-20-18(19)12-24-27-20)15-5-4-6-16(9-15)23(30)28-7-2-3-8-28/h4-6,9-13H,2-3,7-8H2,1H3,(H,24,27)(H,26,29). The summed E-state index contributed by atoms with van der Waals surface area (Å²) in [5.74, 6) is -0.198. The molecular formula is C23H21N5O2S. The SMILES string of the molecule is Cc1nc(C(=O)Nc2cc(-c3cccc(C(=O)N4CCCC4)c3)cc3[nH]ncc23)cs1. The minimum atomic E-state index is -0.262. The molecule has 0 atom stereocenters. The van der Waals surface area contributed by atoms with Crippen molar-refractivity contribution >= 4 is 39.7 Å². The highest BCUT2D eigenvalue weighted by Crippen LogP contribution is 2.31. The van der Waals surface area contributed by atoms with Gasteiger partial charge in [0.1, 0.15) is 5.69 Å². The van der Waals surface area contributed by atoms with Crippen LogP contribution in [-0.2, 0) is 0 Å². The van der Waals surface area contributed by atoms with Crippen LogP contribution in [0.4, 0.5) is 5.69 Å². The number of carbonyl (C=O) groups is 2. The van der Waals surface area contributed by atoms with E-state index in [1.807, 2.05) is 48.2 Å². The quantitative estimate of drug-likeness (QED) is 0.498. The molecule has 0 aliphatic carbocycles. The van der Waals surface area contributed by atoms with E-state index >= 15 is 0 Å². The van der Waals surface area contributed by atoms with E-state index in [9.17, 15) is 9.59 Å². The molecular weight excluding hydrogens is 410 g/mol. The largest absolute Gasteiger partial charge is 0.339 e. The third-order valence-electron chi connectivity index (χ3n) is 5.49. The first-order valence-corrected chi connectivity index (χ1v) is 11.1. The predicted octanol–water partition coefficient (Wildman–Crippen LogP) is 4.48. The van der Waals surface area contributed by atoms with Gasteiger partial charge in [-0.3, -0.25) is 14.7 Å². The normalized spacial score (nSPS) is 13.6. The molecule has 2 aromatic carbocycles. The lowest BCUT2D eigenvalue weighted by Gasteiger charge is -2.16. The van der Waals surface area contributed by atoms with E-state index < -0.39 is 0 Å². The zero-order valence-corrected chi connectivity index (χ0v) is 17.8. The van der Waals surface area contributed by atoms with E-state index in [1.54, 1.807) is 11.6 Å². The molecule has 0 radical (unpaired) electrons. The van der Waals surface area contributed by atoms with E-state index in [1.165, 1.54) is 11.3 Å². The second kappa shape index (κ2) is 7.96. The molecule has 1 aliphatic rings. The average molecular weight is 432 g/mol. The van der Waals surface area contributed by atoms with Crippen molar-refractivity contribution in [2.75, 3.05) is 18.4 Å². The van der Waals surface area contributed by atoms with Gasteiger partial charge in [0, 0.05) is 29.4 Å². The Morgan fingerprint density at radius 3 is 2.74 bits per heavy atom. The Morgan fingerprint density at radius 2 is 1.97 bits per heavy atom. The first-order valence-electron chi connectivity index (χ1n) is 10.2. The fraction of sp³-hybridized carbons (Fsp3) is 0.217. The van der Waals surface area contributed by atoms with Gasteiger partial charge in [-0.05, 0) is 55.2 Å². The first kappa shape index (κ1) is 19.4. The van der Waals surface area contributed by atoms with E-state index in [0.717, 1.165) is 53.0 Å². The summed E-state index contributed by atoms with van der Waals surface area (Å²) in [6.45, 7) is 3.50. The fourth-order valence-electron chi connectivity index (χ4n) is 3.91. The summed E-state index contributed by atoms with van der Waals surface area (Å²) in [5.41, 5.74) is 4.31. The molecule has 2 aromatic heterocycles. The van der Waals surface area contributed by atoms with Gasteiger partial charge in [-0.2, -0.15) is 5.10 Å². The molecule has 1 fully saturated rings. The maximum atomic E-state index is 12.8. The summed E-state index contributed by atoms with van der Waals surface area (Å²) in [6.07, 6.45) is 3.81. The van der Waals surface area contributed by atoms with Gasteiger partial charge < -0.3 is 10.2 Å². The number of aromatic nitrogens is 3. The van der Waals surface area contributed by atoms with Gasteiger partial charge in [0.15, 0.2) is 0 Å². The van der Waals surface area contributed by atoms with Crippen LogP contribution in [0, 0.1) is 6.92 Å². The highest BCUT2D eigenvalue weighted by molar-refractivity contribution is 7.09. The summed E-state index contributed by atoms with van der Waals surface area (Å²) in [7, 11) is 0. The molecule has 5 rings (SSSR count). The number of thiazole rings is 1. The van der Waals surface area contributed by atoms with Crippen LogP contribution in [-0.4, -0.2) is 45.0 Å². The van der Waals surface area contributed by atoms with Crippen molar-refractivity contribution in [3.8, 4) is 11.1 Å². The zero-order chi connectivity index (χ0) is 21.4. The van der Waals surface area contributed by atoms with Crippen molar-refractivity contribution in [3.63, 3.8) is 0 Å². The number of amides is 2. The Kier molecular flexibility index (Phi) is 4.99. The van der Waals surface area contributed by atoms with Gasteiger partial charge >= 0.3 is 0 Å². The first-order chi connectivity index (χ1) is 15.1. The van der Waals surface area contributed by atoms with Crippen molar-refractivity contribution < 1.29 is 9.59 Å². The maximum absolute atomic E-state index is 12.8. The van der Waals surface area contributed by atoms with Gasteiger partial charge in [-0.1, -0.05) is 12.1 Å². The van der Waals surface area contributed by atoms with Crippen LogP contribution in [0.15, 0.2) is 48.0 Å². The molecule has 7 nitrogen and oxygen atoms in total. The third kappa shape index (κ3) is 3.82. The van der Waals surface area contributed by atoms with Crippen molar-refractivity contribution in [1.29, 1.82) is 0 Å². The van der Waals surface area contributed by atoms with E-state index in [0.29, 0.717) is 16.9 Å². The Morgan fingerprint density at radius 1 is 1.13 bits per heavy atom. The molecule has 2 N–H and O–H groups in total. The number of hydrogen-bond donors (Lipinski definition) is 2. The molecule has 1 aliphatic heterocycles. The highest BCUT2D eigenvalue weighted by atomic mass is 32.1. The highest BCUT2D eigenvalue weighted by Gasteiger charge is 2.20. The lowest BCUT2D eigenvalue weighted by atomic mass is 10.0. The number of aromatic amines is 1. The minimum absolute atomic E-state index is 0.0643. The van der Waals surface area contributed by atoms with Crippen LogP contribution in [0.3, 0.4) is 0 Å². The van der Waals surface area contributed by atoms with E-state index in [4.69, 9.17) is 0 Å². The lowest BCUT2D eigenvalue weighted by molar-refractivity contribution is 0.0792. The van der Waals surface area contributed by atoms with Crippen LogP contribution in [0.1, 0.15) is 38.7 Å². The summed E-state index contributed by atoms with van der Waals surface area (Å²) in [6, 6.07) is 11.5. The second-order valence-corrected chi connectivity index (χ2v) is 8.70. The summed E-state index contributed by atoms with van der Waals surface area (Å²) in [4.78, 5) is 31.7. The average Bonchev–Trinajstić information content (AvgIpc) is 3.54. The summed E-state index contributed by atoms with van der Waals surface area (Å²) < 4.78 is 0. The molecule has 156 valence electrons. The number of anilines is 1. The number of nitrogens with one attached hydrogen (secondary N) is 2. The summed E-state index contributed by atoms with van der Waals surface area (Å²) in [5, 5.41) is 13.5. The number of hydrogen-bond acceptors (Lipinski definition) is 5. The Labute approximate surface area is 183 Å². The molecule has 0 unspecified atom stereocenters.